The number of benzene rings is 2. The number of fused-ring (bicyclic) bond motifs is 1. The lowest BCUT2D eigenvalue weighted by molar-refractivity contribution is -0.120. The highest BCUT2D eigenvalue weighted by atomic mass is 16.2. The summed E-state index contributed by atoms with van der Waals surface area (Å²) in [5, 5.41) is 0. The van der Waals surface area contributed by atoms with Gasteiger partial charge in [0, 0.05) is 17.5 Å². The number of ketones is 4. The van der Waals surface area contributed by atoms with Crippen LogP contribution in [0.3, 0.4) is 0 Å². The molecule has 0 aliphatic heterocycles. The normalized spacial score (nSPS) is 13.5. The van der Waals surface area contributed by atoms with Crippen LogP contribution in [0.15, 0.2) is 54.6 Å². The van der Waals surface area contributed by atoms with E-state index < -0.39 is 5.92 Å². The van der Waals surface area contributed by atoms with Gasteiger partial charge in [0.15, 0.2) is 11.6 Å². The van der Waals surface area contributed by atoms with Crippen molar-refractivity contribution in [3.05, 3.63) is 71.3 Å². The smallest absolute Gasteiger partial charge is 0.173 e. The number of unbranched alkanes of at least 4 members (excludes halogenated alkanes) is 3. The quantitative estimate of drug-likeness (QED) is 0.147. The number of nitrogens with zero attached hydrogens (tertiary/aromatic N) is 1. The van der Waals surface area contributed by atoms with Gasteiger partial charge in [-0.05, 0) is 64.7 Å². The first-order chi connectivity index (χ1) is 19.6. The van der Waals surface area contributed by atoms with E-state index in [1.807, 2.05) is 56.3 Å². The fourth-order valence-corrected chi connectivity index (χ4v) is 4.24. The van der Waals surface area contributed by atoms with E-state index in [2.05, 4.69) is 39.8 Å². The summed E-state index contributed by atoms with van der Waals surface area (Å²) in [4.78, 5) is 48.5. The van der Waals surface area contributed by atoms with Crippen LogP contribution >= 0.6 is 0 Å². The lowest BCUT2D eigenvalue weighted by atomic mass is 9.81. The van der Waals surface area contributed by atoms with Crippen molar-refractivity contribution < 1.29 is 19.2 Å². The molecule has 5 heteroatoms. The van der Waals surface area contributed by atoms with E-state index in [0.29, 0.717) is 18.4 Å². The topological polar surface area (TPSA) is 71.5 Å². The minimum Gasteiger partial charge on any atom is -0.309 e. The molecule has 0 saturated heterocycles. The standard InChI is InChI=1S/C15H20O2.C12H12O2.C7H17N.C2H6/c1-2-3-4-8-11-14(16)12-15(17)13-9-6-5-7-10-13;1-8(13)10-7-6-9-4-2-3-5-11(9)12(10)14;1-7(2)5-6-8(3)4;1-2/h5-7,9-10H,2-4,8,11-12H2,1H3;2-5,10H,6-7H2,1H3;7H,5-6H2,1-4H3;1-2H3. The Morgan fingerprint density at radius 2 is 1.51 bits per heavy atom. The van der Waals surface area contributed by atoms with Gasteiger partial charge in [0.25, 0.3) is 0 Å². The Morgan fingerprint density at radius 1 is 0.902 bits per heavy atom. The first kappa shape index (κ1) is 38.1. The Hall–Kier alpha value is -2.92. The van der Waals surface area contributed by atoms with Crippen LogP contribution in [0.1, 0.15) is 119 Å². The van der Waals surface area contributed by atoms with Crippen LogP contribution in [-0.4, -0.2) is 48.7 Å². The maximum atomic E-state index is 11.8. The second kappa shape index (κ2) is 22.7. The third kappa shape index (κ3) is 16.8. The van der Waals surface area contributed by atoms with Gasteiger partial charge in [0.1, 0.15) is 11.6 Å². The summed E-state index contributed by atoms with van der Waals surface area (Å²) >= 11 is 0. The van der Waals surface area contributed by atoms with Crippen LogP contribution in [0.2, 0.25) is 0 Å². The average Bonchev–Trinajstić information content (AvgIpc) is 2.96. The molecule has 0 saturated carbocycles. The van der Waals surface area contributed by atoms with E-state index >= 15 is 0 Å². The molecular weight excluding hydrogens is 510 g/mol. The van der Waals surface area contributed by atoms with Crippen LogP contribution in [-0.2, 0) is 16.0 Å². The number of aryl methyl sites for hydroxylation is 1. The van der Waals surface area contributed by atoms with E-state index in [-0.39, 0.29) is 29.6 Å². The van der Waals surface area contributed by atoms with Crippen molar-refractivity contribution in [2.45, 2.75) is 99.3 Å². The van der Waals surface area contributed by atoms with E-state index in [1.54, 1.807) is 12.1 Å². The summed E-state index contributed by atoms with van der Waals surface area (Å²) in [5.41, 5.74) is 2.45. The molecule has 1 aliphatic carbocycles. The summed E-state index contributed by atoms with van der Waals surface area (Å²) in [6.07, 6.45) is 7.74. The van der Waals surface area contributed by atoms with Crippen molar-refractivity contribution in [1.29, 1.82) is 0 Å². The number of carbonyl (C=O) groups is 4. The van der Waals surface area contributed by atoms with E-state index in [1.165, 1.54) is 26.3 Å². The molecule has 5 nitrogen and oxygen atoms in total. The Labute approximate surface area is 250 Å². The van der Waals surface area contributed by atoms with Crippen LogP contribution in [0.4, 0.5) is 0 Å². The fraction of sp³-hybridized carbons (Fsp3) is 0.556. The molecule has 2 aromatic rings. The van der Waals surface area contributed by atoms with Gasteiger partial charge in [0.05, 0.1) is 12.3 Å². The molecule has 228 valence electrons. The molecule has 0 amide bonds. The van der Waals surface area contributed by atoms with E-state index in [0.717, 1.165) is 42.7 Å². The molecular formula is C36H55NO4. The molecule has 0 radical (unpaired) electrons. The number of carbonyl (C=O) groups excluding carboxylic acids is 4. The highest BCUT2D eigenvalue weighted by Gasteiger charge is 2.29. The van der Waals surface area contributed by atoms with E-state index in [4.69, 9.17) is 0 Å². The van der Waals surface area contributed by atoms with E-state index in [9.17, 15) is 19.2 Å². The zero-order chi connectivity index (χ0) is 31.2. The number of Topliss-reactive ketones (excluding diaryl/α,β-unsaturated/α-hetero) is 4. The van der Waals surface area contributed by atoms with Crippen molar-refractivity contribution in [2.24, 2.45) is 11.8 Å². The SMILES string of the molecule is CC.CC(=O)C1CCc2ccccc2C1=O.CC(C)CCN(C)C.CCCCCCC(=O)CC(=O)c1ccccc1. The van der Waals surface area contributed by atoms with Crippen LogP contribution in [0.5, 0.6) is 0 Å². The number of rotatable bonds is 12. The highest BCUT2D eigenvalue weighted by Crippen LogP contribution is 2.25. The third-order valence-electron chi connectivity index (χ3n) is 6.71. The molecule has 0 heterocycles. The van der Waals surface area contributed by atoms with Crippen molar-refractivity contribution in [3.63, 3.8) is 0 Å². The van der Waals surface area contributed by atoms with Crippen LogP contribution < -0.4 is 0 Å². The van der Waals surface area contributed by atoms with Gasteiger partial charge in [-0.15, -0.1) is 0 Å². The summed E-state index contributed by atoms with van der Waals surface area (Å²) in [6, 6.07) is 16.6. The predicted octanol–water partition coefficient (Wildman–Crippen LogP) is 8.44. The maximum absolute atomic E-state index is 11.8. The highest BCUT2D eigenvalue weighted by molar-refractivity contribution is 6.11. The molecule has 0 aromatic heterocycles. The van der Waals surface area contributed by atoms with Crippen molar-refractivity contribution in [2.75, 3.05) is 20.6 Å². The molecule has 0 bridgehead atoms. The van der Waals surface area contributed by atoms with Gasteiger partial charge < -0.3 is 4.90 Å². The minimum absolute atomic E-state index is 0.000602. The molecule has 0 spiro atoms. The molecule has 1 aliphatic rings. The fourth-order valence-electron chi connectivity index (χ4n) is 4.24. The first-order valence-electron chi connectivity index (χ1n) is 15.4. The minimum atomic E-state index is -0.398. The van der Waals surface area contributed by atoms with Gasteiger partial charge in [0.2, 0.25) is 0 Å². The monoisotopic (exact) mass is 565 g/mol. The Balaban J connectivity index is 0.000000601. The van der Waals surface area contributed by atoms with Gasteiger partial charge in [-0.25, -0.2) is 0 Å². The van der Waals surface area contributed by atoms with Gasteiger partial charge in [-0.1, -0.05) is 108 Å². The molecule has 0 fully saturated rings. The zero-order valence-electron chi connectivity index (χ0n) is 27.0. The molecule has 1 atom stereocenters. The van der Waals surface area contributed by atoms with Crippen LogP contribution in [0.25, 0.3) is 0 Å². The summed E-state index contributed by atoms with van der Waals surface area (Å²) in [5.74, 6) is 0.437. The van der Waals surface area contributed by atoms with Crippen molar-refractivity contribution >= 4 is 23.1 Å². The van der Waals surface area contributed by atoms with Gasteiger partial charge >= 0.3 is 0 Å². The summed E-state index contributed by atoms with van der Waals surface area (Å²) in [6.45, 7) is 13.4. The summed E-state index contributed by atoms with van der Waals surface area (Å²) < 4.78 is 0. The Bertz CT molecular complexity index is 1020. The van der Waals surface area contributed by atoms with Gasteiger partial charge in [-0.2, -0.15) is 0 Å². The first-order valence-corrected chi connectivity index (χ1v) is 15.4. The second-order valence-electron chi connectivity index (χ2n) is 11.0. The molecule has 0 N–H and O–H groups in total. The molecule has 41 heavy (non-hydrogen) atoms. The molecule has 3 rings (SSSR count). The van der Waals surface area contributed by atoms with Crippen molar-refractivity contribution in [1.82, 2.24) is 4.90 Å². The lowest BCUT2D eigenvalue weighted by Crippen LogP contribution is -2.27. The largest absolute Gasteiger partial charge is 0.309 e. The molecule has 1 unspecified atom stereocenters. The Morgan fingerprint density at radius 3 is 2.05 bits per heavy atom. The van der Waals surface area contributed by atoms with Gasteiger partial charge in [-0.3, -0.25) is 19.2 Å². The predicted molar refractivity (Wildman–Crippen MR) is 172 cm³/mol. The zero-order valence-corrected chi connectivity index (χ0v) is 27.0. The lowest BCUT2D eigenvalue weighted by Gasteiger charge is -2.20. The Kier molecular flexibility index (Phi) is 21.1. The van der Waals surface area contributed by atoms with Crippen molar-refractivity contribution in [3.8, 4) is 0 Å². The van der Waals surface area contributed by atoms with Crippen LogP contribution in [0, 0.1) is 11.8 Å². The number of hydrogen-bond donors (Lipinski definition) is 0. The second-order valence-corrected chi connectivity index (χ2v) is 11.0. The average molecular weight is 566 g/mol. The molecule has 2 aromatic carbocycles. The summed E-state index contributed by atoms with van der Waals surface area (Å²) in [7, 11) is 4.23. The third-order valence-corrected chi connectivity index (χ3v) is 6.71. The maximum Gasteiger partial charge on any atom is 0.173 e. The number of hydrogen-bond acceptors (Lipinski definition) is 5.